The van der Waals surface area contributed by atoms with E-state index in [2.05, 4.69) is 21.3 Å². The van der Waals surface area contributed by atoms with Crippen LogP contribution in [-0.4, -0.2) is 66.7 Å². The van der Waals surface area contributed by atoms with Gasteiger partial charge in [0, 0.05) is 26.1 Å². The number of thioether (sulfide) groups is 1. The third-order valence-electron chi connectivity index (χ3n) is 3.83. The molecule has 0 radical (unpaired) electrons. The highest BCUT2D eigenvalue weighted by atomic mass is 32.2. The van der Waals surface area contributed by atoms with Crippen molar-refractivity contribution in [2.45, 2.75) is 25.4 Å². The lowest BCUT2D eigenvalue weighted by atomic mass is 10.1. The smallest absolute Gasteiger partial charge is 0.243 e. The van der Waals surface area contributed by atoms with E-state index in [9.17, 15) is 24.0 Å². The van der Waals surface area contributed by atoms with Crippen molar-refractivity contribution in [1.29, 1.82) is 0 Å². The van der Waals surface area contributed by atoms with E-state index in [1.54, 1.807) is 0 Å². The van der Waals surface area contributed by atoms with Gasteiger partial charge in [-0.1, -0.05) is 30.3 Å². The zero-order chi connectivity index (χ0) is 22.5. The lowest BCUT2D eigenvalue weighted by Crippen LogP contribution is -2.50. The molecule has 5 amide bonds. The highest BCUT2D eigenvalue weighted by Gasteiger charge is 2.22. The molecule has 0 aliphatic carbocycles. The van der Waals surface area contributed by atoms with E-state index in [1.165, 1.54) is 14.0 Å². The van der Waals surface area contributed by atoms with Crippen molar-refractivity contribution >= 4 is 41.3 Å². The topological polar surface area (TPSA) is 159 Å². The standard InChI is InChI=1S/C19H27N5O5S/c1-12(25)23-15(19(29)22-9-16(20)26)10-30-11-17(27)24-14(18(28)21-2)8-13-6-4-3-5-7-13/h3-7,14-15H,8-11H2,1-2H3,(H2,20,26)(H,21,28)(H,22,29)(H,23,25)(H,24,27)/t14-,15-/m0/s1. The van der Waals surface area contributed by atoms with Crippen molar-refractivity contribution in [3.8, 4) is 0 Å². The van der Waals surface area contributed by atoms with E-state index >= 15 is 0 Å². The average Bonchev–Trinajstić information content (AvgIpc) is 2.70. The maximum atomic E-state index is 12.3. The Morgan fingerprint density at radius 2 is 1.67 bits per heavy atom. The second kappa shape index (κ2) is 13.2. The number of amides is 5. The summed E-state index contributed by atoms with van der Waals surface area (Å²) < 4.78 is 0. The maximum absolute atomic E-state index is 12.3. The maximum Gasteiger partial charge on any atom is 0.243 e. The zero-order valence-electron chi connectivity index (χ0n) is 16.9. The van der Waals surface area contributed by atoms with E-state index in [1.807, 2.05) is 30.3 Å². The molecule has 11 heteroatoms. The summed E-state index contributed by atoms with van der Waals surface area (Å²) in [7, 11) is 1.49. The number of primary amides is 1. The van der Waals surface area contributed by atoms with E-state index in [-0.39, 0.29) is 29.9 Å². The van der Waals surface area contributed by atoms with Crippen LogP contribution >= 0.6 is 11.8 Å². The Morgan fingerprint density at radius 1 is 1.00 bits per heavy atom. The van der Waals surface area contributed by atoms with Gasteiger partial charge in [-0.05, 0) is 5.56 Å². The summed E-state index contributed by atoms with van der Waals surface area (Å²) in [4.78, 5) is 58.6. The van der Waals surface area contributed by atoms with E-state index in [0.717, 1.165) is 17.3 Å². The predicted octanol–water partition coefficient (Wildman–Crippen LogP) is -1.70. The highest BCUT2D eigenvalue weighted by molar-refractivity contribution is 8.00. The van der Waals surface area contributed by atoms with Gasteiger partial charge >= 0.3 is 0 Å². The molecular formula is C19H27N5O5S. The second-order valence-corrected chi connectivity index (χ2v) is 7.41. The van der Waals surface area contributed by atoms with Gasteiger partial charge in [0.15, 0.2) is 0 Å². The Balaban J connectivity index is 2.59. The predicted molar refractivity (Wildman–Crippen MR) is 113 cm³/mol. The Bertz CT molecular complexity index is 759. The van der Waals surface area contributed by atoms with E-state index in [0.29, 0.717) is 6.42 Å². The molecule has 2 atom stereocenters. The van der Waals surface area contributed by atoms with Crippen LogP contribution in [0.3, 0.4) is 0 Å². The molecule has 0 aliphatic rings. The molecule has 0 bridgehead atoms. The monoisotopic (exact) mass is 437 g/mol. The number of benzene rings is 1. The number of hydrogen-bond acceptors (Lipinski definition) is 6. The van der Waals surface area contributed by atoms with Gasteiger partial charge in [0.1, 0.15) is 12.1 Å². The summed E-state index contributed by atoms with van der Waals surface area (Å²) in [6.45, 7) is 0.899. The van der Waals surface area contributed by atoms with Crippen LogP contribution in [-0.2, 0) is 30.4 Å². The molecule has 164 valence electrons. The molecule has 1 aromatic carbocycles. The third-order valence-corrected chi connectivity index (χ3v) is 4.86. The van der Waals surface area contributed by atoms with Crippen LogP contribution in [0.2, 0.25) is 0 Å². The van der Waals surface area contributed by atoms with Gasteiger partial charge in [-0.3, -0.25) is 24.0 Å². The van der Waals surface area contributed by atoms with Crippen LogP contribution in [0.25, 0.3) is 0 Å². The van der Waals surface area contributed by atoms with Crippen LogP contribution in [0, 0.1) is 0 Å². The number of rotatable bonds is 12. The average molecular weight is 438 g/mol. The molecule has 0 fully saturated rings. The minimum absolute atomic E-state index is 0.0263. The van der Waals surface area contributed by atoms with Crippen molar-refractivity contribution in [2.24, 2.45) is 5.73 Å². The molecule has 0 aromatic heterocycles. The van der Waals surface area contributed by atoms with Crippen molar-refractivity contribution in [2.75, 3.05) is 25.1 Å². The Morgan fingerprint density at radius 3 is 2.23 bits per heavy atom. The van der Waals surface area contributed by atoms with Gasteiger partial charge in [0.05, 0.1) is 12.3 Å². The first-order valence-electron chi connectivity index (χ1n) is 9.18. The van der Waals surface area contributed by atoms with Crippen molar-refractivity contribution in [3.05, 3.63) is 35.9 Å². The van der Waals surface area contributed by atoms with Crippen LogP contribution in [0.1, 0.15) is 12.5 Å². The molecule has 1 aromatic rings. The van der Waals surface area contributed by atoms with Gasteiger partial charge in [-0.15, -0.1) is 11.8 Å². The van der Waals surface area contributed by atoms with E-state index in [4.69, 9.17) is 5.73 Å². The van der Waals surface area contributed by atoms with Crippen LogP contribution in [0.4, 0.5) is 0 Å². The fraction of sp³-hybridized carbons (Fsp3) is 0.421. The summed E-state index contributed by atoms with van der Waals surface area (Å²) in [5.74, 6) is -2.35. The molecule has 10 nitrogen and oxygen atoms in total. The van der Waals surface area contributed by atoms with Crippen molar-refractivity contribution in [1.82, 2.24) is 21.3 Å². The molecule has 6 N–H and O–H groups in total. The normalized spacial score (nSPS) is 12.2. The number of likely N-dealkylation sites (N-methyl/N-ethyl adjacent to an activating group) is 1. The molecule has 0 unspecified atom stereocenters. The number of carbonyl (C=O) groups is 5. The fourth-order valence-electron chi connectivity index (χ4n) is 2.46. The summed E-state index contributed by atoms with van der Waals surface area (Å²) in [5.41, 5.74) is 5.89. The van der Waals surface area contributed by atoms with Crippen LogP contribution in [0.5, 0.6) is 0 Å². The largest absolute Gasteiger partial charge is 0.368 e. The Kier molecular flexibility index (Phi) is 11.0. The lowest BCUT2D eigenvalue weighted by Gasteiger charge is -2.19. The van der Waals surface area contributed by atoms with E-state index < -0.39 is 29.8 Å². The molecule has 0 saturated carbocycles. The first kappa shape index (κ1) is 25.0. The zero-order valence-corrected chi connectivity index (χ0v) is 17.7. The number of carbonyl (C=O) groups excluding carboxylic acids is 5. The van der Waals surface area contributed by atoms with Crippen LogP contribution < -0.4 is 27.0 Å². The minimum atomic E-state index is -0.932. The number of nitrogens with two attached hydrogens (primary N) is 1. The highest BCUT2D eigenvalue weighted by Crippen LogP contribution is 2.06. The summed E-state index contributed by atoms with van der Waals surface area (Å²) in [6, 6.07) is 7.60. The summed E-state index contributed by atoms with van der Waals surface area (Å²) >= 11 is 1.11. The van der Waals surface area contributed by atoms with Gasteiger partial charge in [0.2, 0.25) is 29.5 Å². The summed E-state index contributed by atoms with van der Waals surface area (Å²) in [6.07, 6.45) is 0.334. The fourth-order valence-corrected chi connectivity index (χ4v) is 3.32. The number of hydrogen-bond donors (Lipinski definition) is 5. The van der Waals surface area contributed by atoms with Gasteiger partial charge in [-0.25, -0.2) is 0 Å². The first-order chi connectivity index (χ1) is 14.2. The second-order valence-electron chi connectivity index (χ2n) is 6.38. The quantitative estimate of drug-likeness (QED) is 0.262. The van der Waals surface area contributed by atoms with Gasteiger partial charge < -0.3 is 27.0 Å². The van der Waals surface area contributed by atoms with Crippen molar-refractivity contribution < 1.29 is 24.0 Å². The molecule has 0 spiro atoms. The van der Waals surface area contributed by atoms with Crippen LogP contribution in [0.15, 0.2) is 30.3 Å². The number of nitrogens with one attached hydrogen (secondary N) is 4. The minimum Gasteiger partial charge on any atom is -0.368 e. The molecule has 0 aliphatic heterocycles. The molecule has 0 saturated heterocycles. The van der Waals surface area contributed by atoms with Gasteiger partial charge in [-0.2, -0.15) is 0 Å². The summed E-state index contributed by atoms with van der Waals surface area (Å²) in [5, 5.41) is 9.98. The first-order valence-corrected chi connectivity index (χ1v) is 10.3. The van der Waals surface area contributed by atoms with Crippen molar-refractivity contribution in [3.63, 3.8) is 0 Å². The SMILES string of the molecule is CNC(=O)[C@H](Cc1ccccc1)NC(=O)CSC[C@H](NC(C)=O)C(=O)NCC(N)=O. The molecular weight excluding hydrogens is 410 g/mol. The lowest BCUT2D eigenvalue weighted by molar-refractivity contribution is -0.128. The molecule has 1 rings (SSSR count). The molecule has 30 heavy (non-hydrogen) atoms. The third kappa shape index (κ3) is 9.92. The Hall–Kier alpha value is -3.08. The van der Waals surface area contributed by atoms with Gasteiger partial charge in [0.25, 0.3) is 0 Å². The Labute approximate surface area is 179 Å². The molecule has 0 heterocycles.